The maximum Gasteiger partial charge on any atom is 0.244 e. The maximum atomic E-state index is 13.8. The smallest absolute Gasteiger partial charge is 0.244 e. The lowest BCUT2D eigenvalue weighted by Gasteiger charge is -2.49. The molecule has 2 fully saturated rings. The Balaban J connectivity index is 1.46. The Morgan fingerprint density at radius 2 is 1.40 bits per heavy atom. The van der Waals surface area contributed by atoms with Crippen molar-refractivity contribution in [3.8, 4) is 0 Å². The molecule has 2 aliphatic heterocycles. The summed E-state index contributed by atoms with van der Waals surface area (Å²) in [6, 6.07) is 30.5. The molecule has 1 aromatic heterocycles. The standard InChI is InChI=1S/C27H26N6OS/c1-26(2)22(23-29-31-32-30-23)33-24(34)21(25(33)35-26)28-27(18-12-6-3-7-13-18,19-14-8-4-9-15-19)20-16-10-5-11-17-20/h3-17,21-22,25,28H,1-2H3,(H,29,30,31,32). The molecular formula is C27H26N6OS. The molecule has 1 amide bonds. The van der Waals surface area contributed by atoms with Crippen LogP contribution in [-0.4, -0.2) is 47.6 Å². The van der Waals surface area contributed by atoms with E-state index in [0.717, 1.165) is 16.7 Å². The highest BCUT2D eigenvalue weighted by molar-refractivity contribution is 8.01. The Morgan fingerprint density at radius 3 is 1.86 bits per heavy atom. The van der Waals surface area contributed by atoms with Crippen molar-refractivity contribution in [3.05, 3.63) is 114 Å². The van der Waals surface area contributed by atoms with E-state index in [4.69, 9.17) is 0 Å². The van der Waals surface area contributed by atoms with E-state index in [1.54, 1.807) is 11.8 Å². The zero-order valence-electron chi connectivity index (χ0n) is 19.5. The van der Waals surface area contributed by atoms with Gasteiger partial charge >= 0.3 is 0 Å². The number of hydrogen-bond acceptors (Lipinski definition) is 6. The van der Waals surface area contributed by atoms with Gasteiger partial charge in [0.1, 0.15) is 17.5 Å². The number of hydrogen-bond donors (Lipinski definition) is 2. The fourth-order valence-corrected chi connectivity index (χ4v) is 7.16. The lowest BCUT2D eigenvalue weighted by molar-refractivity contribution is -0.150. The Hall–Kier alpha value is -3.49. The summed E-state index contributed by atoms with van der Waals surface area (Å²) in [6.45, 7) is 4.29. The van der Waals surface area contributed by atoms with Crippen molar-refractivity contribution in [2.75, 3.05) is 0 Å². The number of carbonyl (C=O) groups is 1. The van der Waals surface area contributed by atoms with Crippen molar-refractivity contribution >= 4 is 17.7 Å². The Kier molecular flexibility index (Phi) is 5.23. The Morgan fingerprint density at radius 1 is 0.886 bits per heavy atom. The number of nitrogens with one attached hydrogen (secondary N) is 2. The Labute approximate surface area is 208 Å². The zero-order valence-corrected chi connectivity index (χ0v) is 20.3. The van der Waals surface area contributed by atoms with Gasteiger partial charge in [0.2, 0.25) is 5.91 Å². The average molecular weight is 483 g/mol. The molecule has 4 aromatic rings. The van der Waals surface area contributed by atoms with Gasteiger partial charge in [-0.05, 0) is 41.0 Å². The van der Waals surface area contributed by atoms with Crippen LogP contribution in [0.2, 0.25) is 0 Å². The van der Waals surface area contributed by atoms with Crippen molar-refractivity contribution < 1.29 is 4.79 Å². The van der Waals surface area contributed by atoms with Gasteiger partial charge in [-0.25, -0.2) is 5.10 Å². The number of β-lactam (4-membered cyclic amide) rings is 1. The third-order valence-corrected chi connectivity index (χ3v) is 8.63. The average Bonchev–Trinajstić information content (AvgIpc) is 3.50. The number of benzene rings is 3. The minimum Gasteiger partial charge on any atom is -0.315 e. The van der Waals surface area contributed by atoms with Crippen LogP contribution in [0.15, 0.2) is 91.0 Å². The number of H-pyrrole nitrogens is 1. The van der Waals surface area contributed by atoms with E-state index >= 15 is 0 Å². The van der Waals surface area contributed by atoms with Gasteiger partial charge < -0.3 is 4.90 Å². The van der Waals surface area contributed by atoms with Crippen LogP contribution in [0.4, 0.5) is 0 Å². The quantitative estimate of drug-likeness (QED) is 0.320. The molecule has 0 bridgehead atoms. The van der Waals surface area contributed by atoms with Gasteiger partial charge in [0, 0.05) is 4.75 Å². The van der Waals surface area contributed by atoms with Crippen molar-refractivity contribution in [2.24, 2.45) is 0 Å². The van der Waals surface area contributed by atoms with Gasteiger partial charge in [-0.1, -0.05) is 91.0 Å². The van der Waals surface area contributed by atoms with Crippen LogP contribution in [0.1, 0.15) is 42.4 Å². The molecule has 7 nitrogen and oxygen atoms in total. The SMILES string of the molecule is CC1(C)SC2C(NC(c3ccccc3)(c3ccccc3)c3ccccc3)C(=O)N2C1c1nnn[nH]1. The number of rotatable bonds is 6. The molecule has 3 unspecified atom stereocenters. The first-order valence-corrected chi connectivity index (χ1v) is 12.6. The van der Waals surface area contributed by atoms with E-state index in [1.807, 2.05) is 59.5 Å². The molecule has 0 spiro atoms. The van der Waals surface area contributed by atoms with E-state index in [1.165, 1.54) is 0 Å². The van der Waals surface area contributed by atoms with Crippen molar-refractivity contribution in [1.82, 2.24) is 30.8 Å². The summed E-state index contributed by atoms with van der Waals surface area (Å²) in [4.78, 5) is 15.7. The third-order valence-electron chi connectivity index (χ3n) is 7.05. The monoisotopic (exact) mass is 482 g/mol. The lowest BCUT2D eigenvalue weighted by atomic mass is 9.76. The summed E-state index contributed by atoms with van der Waals surface area (Å²) in [7, 11) is 0. The summed E-state index contributed by atoms with van der Waals surface area (Å²) in [5.74, 6) is 0.680. The number of nitrogens with zero attached hydrogens (tertiary/aromatic N) is 4. The molecule has 0 saturated carbocycles. The molecule has 0 radical (unpaired) electrons. The summed E-state index contributed by atoms with van der Waals surface area (Å²) < 4.78 is -0.243. The molecule has 6 rings (SSSR count). The van der Waals surface area contributed by atoms with E-state index in [2.05, 4.69) is 76.2 Å². The summed E-state index contributed by atoms with van der Waals surface area (Å²) in [6.07, 6.45) is 0. The second-order valence-corrected chi connectivity index (χ2v) is 11.3. The van der Waals surface area contributed by atoms with Gasteiger partial charge in [0.05, 0.1) is 5.54 Å². The van der Waals surface area contributed by atoms with Crippen LogP contribution in [0.25, 0.3) is 0 Å². The molecule has 2 aliphatic rings. The molecule has 8 heteroatoms. The lowest BCUT2D eigenvalue weighted by Crippen LogP contribution is -2.70. The highest BCUT2D eigenvalue weighted by Crippen LogP contribution is 2.57. The molecule has 3 aromatic carbocycles. The van der Waals surface area contributed by atoms with Crippen LogP contribution in [0, 0.1) is 0 Å². The molecule has 35 heavy (non-hydrogen) atoms. The summed E-state index contributed by atoms with van der Waals surface area (Å²) >= 11 is 1.79. The van der Waals surface area contributed by atoms with E-state index in [9.17, 15) is 4.79 Å². The topological polar surface area (TPSA) is 86.8 Å². The fraction of sp³-hybridized carbons (Fsp3) is 0.259. The van der Waals surface area contributed by atoms with Gasteiger partial charge in [-0.2, -0.15) is 0 Å². The van der Waals surface area contributed by atoms with Gasteiger partial charge in [0.25, 0.3) is 0 Å². The number of amides is 1. The van der Waals surface area contributed by atoms with Crippen molar-refractivity contribution in [2.45, 2.75) is 41.6 Å². The van der Waals surface area contributed by atoms with Crippen LogP contribution < -0.4 is 5.32 Å². The number of aromatic amines is 1. The Bertz CT molecular complexity index is 1220. The molecule has 3 heterocycles. The molecule has 0 aliphatic carbocycles. The normalized spacial score (nSPS) is 23.1. The predicted molar refractivity (Wildman–Crippen MR) is 135 cm³/mol. The predicted octanol–water partition coefficient (Wildman–Crippen LogP) is 3.88. The molecule has 2 saturated heterocycles. The molecular weight excluding hydrogens is 456 g/mol. The number of fused-ring (bicyclic) bond motifs is 1. The van der Waals surface area contributed by atoms with Crippen LogP contribution >= 0.6 is 11.8 Å². The highest BCUT2D eigenvalue weighted by atomic mass is 32.2. The number of thioether (sulfide) groups is 1. The maximum absolute atomic E-state index is 13.8. The third kappa shape index (κ3) is 3.39. The number of tetrazole rings is 1. The fourth-order valence-electron chi connectivity index (χ4n) is 5.52. The largest absolute Gasteiger partial charge is 0.315 e. The van der Waals surface area contributed by atoms with Crippen LogP contribution in [0.3, 0.4) is 0 Å². The zero-order chi connectivity index (χ0) is 24.0. The molecule has 2 N–H and O–H groups in total. The minimum atomic E-state index is -0.702. The van der Waals surface area contributed by atoms with Crippen molar-refractivity contribution in [1.29, 1.82) is 0 Å². The van der Waals surface area contributed by atoms with Gasteiger partial charge in [-0.3, -0.25) is 10.1 Å². The second kappa shape index (κ2) is 8.32. The van der Waals surface area contributed by atoms with Gasteiger partial charge in [0.15, 0.2) is 5.82 Å². The summed E-state index contributed by atoms with van der Waals surface area (Å²) in [5, 5.41) is 18.4. The minimum absolute atomic E-state index is 0.0388. The van der Waals surface area contributed by atoms with E-state index in [0.29, 0.717) is 5.82 Å². The van der Waals surface area contributed by atoms with E-state index < -0.39 is 5.54 Å². The molecule has 3 atom stereocenters. The van der Waals surface area contributed by atoms with Crippen molar-refractivity contribution in [3.63, 3.8) is 0 Å². The van der Waals surface area contributed by atoms with Gasteiger partial charge in [-0.15, -0.1) is 16.9 Å². The second-order valence-electron chi connectivity index (χ2n) is 9.52. The molecule has 176 valence electrons. The first-order valence-electron chi connectivity index (χ1n) is 11.7. The number of carbonyl (C=O) groups excluding carboxylic acids is 1. The van der Waals surface area contributed by atoms with E-state index in [-0.39, 0.29) is 28.1 Å². The summed E-state index contributed by atoms with van der Waals surface area (Å²) in [5.41, 5.74) is 2.55. The van der Waals surface area contributed by atoms with Crippen LogP contribution in [-0.2, 0) is 10.3 Å². The first-order chi connectivity index (χ1) is 17.0. The first kappa shape index (κ1) is 22.0. The van der Waals surface area contributed by atoms with Crippen LogP contribution in [0.5, 0.6) is 0 Å². The number of aromatic nitrogens is 4. The highest BCUT2D eigenvalue weighted by Gasteiger charge is 2.64.